The molecule has 0 bridgehead atoms. The van der Waals surface area contributed by atoms with Gasteiger partial charge in [0.05, 0.1) is 5.10 Å². The lowest BCUT2D eigenvalue weighted by Gasteiger charge is -1.98. The highest BCUT2D eigenvalue weighted by Gasteiger charge is 2.21. The van der Waals surface area contributed by atoms with Crippen molar-refractivity contribution in [1.29, 1.82) is 5.26 Å². The minimum Gasteiger partial charge on any atom is -0.186 e. The first-order valence-corrected chi connectivity index (χ1v) is 5.79. The summed E-state index contributed by atoms with van der Waals surface area (Å²) in [6, 6.07) is 21.1. The molecule has 90 valence electrons. The number of tetrazole rings is 1. The van der Waals surface area contributed by atoms with Crippen molar-refractivity contribution in [3.63, 3.8) is 0 Å². The lowest BCUT2D eigenvalue weighted by molar-refractivity contribution is -0.735. The van der Waals surface area contributed by atoms with Crippen LogP contribution in [0.15, 0.2) is 60.7 Å². The van der Waals surface area contributed by atoms with Gasteiger partial charge in [-0.15, -0.1) is 0 Å². The lowest BCUT2D eigenvalue weighted by Crippen LogP contribution is -2.43. The summed E-state index contributed by atoms with van der Waals surface area (Å²) >= 11 is 0. The van der Waals surface area contributed by atoms with Gasteiger partial charge in [0.1, 0.15) is 5.69 Å². The zero-order valence-corrected chi connectivity index (χ0v) is 10.0. The highest BCUT2D eigenvalue weighted by molar-refractivity contribution is 5.28. The normalized spacial score (nSPS) is 10.1. The molecule has 0 atom stereocenters. The van der Waals surface area contributed by atoms with Gasteiger partial charge in [-0.1, -0.05) is 36.4 Å². The molecule has 3 rings (SSSR count). The molecule has 5 nitrogen and oxygen atoms in total. The average molecular weight is 248 g/mol. The Morgan fingerprint density at radius 2 is 1.58 bits per heavy atom. The molecule has 0 radical (unpaired) electrons. The van der Waals surface area contributed by atoms with Crippen molar-refractivity contribution in [2.75, 3.05) is 0 Å². The fraction of sp³-hybridized carbons (Fsp3) is 0. The summed E-state index contributed by atoms with van der Waals surface area (Å²) in [7, 11) is 0. The summed E-state index contributed by atoms with van der Waals surface area (Å²) in [5.74, 6) is 0.132. The van der Waals surface area contributed by atoms with E-state index in [1.807, 2.05) is 66.7 Å². The Morgan fingerprint density at radius 3 is 2.21 bits per heavy atom. The van der Waals surface area contributed by atoms with E-state index in [9.17, 15) is 0 Å². The van der Waals surface area contributed by atoms with E-state index in [2.05, 4.69) is 10.2 Å². The van der Waals surface area contributed by atoms with Crippen LogP contribution in [0.5, 0.6) is 0 Å². The zero-order valence-electron chi connectivity index (χ0n) is 10.0. The Balaban J connectivity index is 2.20. The highest BCUT2D eigenvalue weighted by Crippen LogP contribution is 2.04. The van der Waals surface area contributed by atoms with E-state index >= 15 is 0 Å². The summed E-state index contributed by atoms with van der Waals surface area (Å²) in [6.07, 6.45) is 0. The minimum absolute atomic E-state index is 0.132. The second kappa shape index (κ2) is 4.70. The topological polar surface area (TPSA) is 58.4 Å². The summed E-state index contributed by atoms with van der Waals surface area (Å²) in [5.41, 5.74) is 1.70. The first kappa shape index (κ1) is 11.1. The van der Waals surface area contributed by atoms with Gasteiger partial charge in [0.15, 0.2) is 11.8 Å². The van der Waals surface area contributed by atoms with Gasteiger partial charge in [-0.3, -0.25) is 0 Å². The molecule has 0 unspecified atom stereocenters. The van der Waals surface area contributed by atoms with Crippen LogP contribution < -0.4 is 4.80 Å². The van der Waals surface area contributed by atoms with Crippen molar-refractivity contribution in [2.45, 2.75) is 0 Å². The number of para-hydroxylation sites is 2. The molecule has 0 aliphatic heterocycles. The molecule has 0 saturated carbocycles. The fourth-order valence-corrected chi connectivity index (χ4v) is 1.79. The van der Waals surface area contributed by atoms with Crippen molar-refractivity contribution < 1.29 is 4.80 Å². The molecule has 0 spiro atoms. The van der Waals surface area contributed by atoms with Gasteiger partial charge in [0, 0.05) is 9.90 Å². The second-order valence-electron chi connectivity index (χ2n) is 3.89. The maximum atomic E-state index is 8.97. The van der Waals surface area contributed by atoms with Crippen LogP contribution in [-0.2, 0) is 0 Å². The number of nitriles is 1. The predicted octanol–water partition coefficient (Wildman–Crippen LogP) is 1.42. The van der Waals surface area contributed by atoms with Gasteiger partial charge in [0.2, 0.25) is 0 Å². The number of hydrogen-bond donors (Lipinski definition) is 0. The Hall–Kier alpha value is -3.00. The van der Waals surface area contributed by atoms with Crippen LogP contribution in [0.1, 0.15) is 5.82 Å². The lowest BCUT2D eigenvalue weighted by atomic mass is 10.3. The van der Waals surface area contributed by atoms with Crippen LogP contribution in [0.2, 0.25) is 0 Å². The molecule has 3 aromatic rings. The molecule has 0 aliphatic rings. The van der Waals surface area contributed by atoms with E-state index in [-0.39, 0.29) is 5.82 Å². The zero-order chi connectivity index (χ0) is 13.1. The number of nitrogens with zero attached hydrogens (tertiary/aromatic N) is 5. The van der Waals surface area contributed by atoms with Gasteiger partial charge in [-0.05, 0) is 29.1 Å². The van der Waals surface area contributed by atoms with Crippen LogP contribution in [0, 0.1) is 11.3 Å². The van der Waals surface area contributed by atoms with E-state index in [1.54, 1.807) is 9.59 Å². The second-order valence-corrected chi connectivity index (χ2v) is 3.89. The summed E-state index contributed by atoms with van der Waals surface area (Å²) in [5, 5.41) is 17.3. The molecule has 0 amide bonds. The summed E-state index contributed by atoms with van der Waals surface area (Å²) < 4.78 is 0. The summed E-state index contributed by atoms with van der Waals surface area (Å²) in [6.45, 7) is 0. The van der Waals surface area contributed by atoms with Gasteiger partial charge >= 0.3 is 5.82 Å². The Bertz CT molecular complexity index is 669. The van der Waals surface area contributed by atoms with Gasteiger partial charge in [-0.25, -0.2) is 0 Å². The third kappa shape index (κ3) is 2.07. The Morgan fingerprint density at radius 1 is 0.947 bits per heavy atom. The first-order valence-electron chi connectivity index (χ1n) is 5.79. The van der Waals surface area contributed by atoms with Crippen molar-refractivity contribution in [3.05, 3.63) is 66.5 Å². The van der Waals surface area contributed by atoms with Crippen LogP contribution >= 0.6 is 0 Å². The molecule has 0 aliphatic carbocycles. The van der Waals surface area contributed by atoms with Gasteiger partial charge < -0.3 is 0 Å². The van der Waals surface area contributed by atoms with E-state index in [0.717, 1.165) is 11.4 Å². The minimum atomic E-state index is 0.132. The van der Waals surface area contributed by atoms with E-state index < -0.39 is 0 Å². The van der Waals surface area contributed by atoms with Crippen molar-refractivity contribution in [1.82, 2.24) is 15.0 Å². The van der Waals surface area contributed by atoms with Crippen LogP contribution in [-0.4, -0.2) is 15.0 Å². The molecule has 0 N–H and O–H groups in total. The van der Waals surface area contributed by atoms with Crippen molar-refractivity contribution in [3.8, 4) is 17.4 Å². The van der Waals surface area contributed by atoms with Gasteiger partial charge in [-0.2, -0.15) is 5.26 Å². The fourth-order valence-electron chi connectivity index (χ4n) is 1.79. The number of rotatable bonds is 2. The molecule has 5 heteroatoms. The molecule has 1 aromatic heterocycles. The van der Waals surface area contributed by atoms with Crippen LogP contribution in [0.4, 0.5) is 0 Å². The molecule has 0 fully saturated rings. The number of benzene rings is 2. The molecular formula is C14H10N5+. The standard InChI is InChI=1S/C14H10N5/c15-11-14-16-18(12-7-3-1-4-8-12)19(17-14)13-9-5-2-6-10-13/h1-10H/q+1. The third-order valence-electron chi connectivity index (χ3n) is 2.63. The summed E-state index contributed by atoms with van der Waals surface area (Å²) in [4.78, 5) is 3.21. The predicted molar refractivity (Wildman–Crippen MR) is 67.6 cm³/mol. The van der Waals surface area contributed by atoms with Crippen molar-refractivity contribution in [2.24, 2.45) is 0 Å². The maximum Gasteiger partial charge on any atom is 0.409 e. The van der Waals surface area contributed by atoms with Gasteiger partial charge in [0.25, 0.3) is 0 Å². The van der Waals surface area contributed by atoms with Crippen LogP contribution in [0.25, 0.3) is 11.4 Å². The smallest absolute Gasteiger partial charge is 0.186 e. The average Bonchev–Trinajstić information content (AvgIpc) is 2.93. The monoisotopic (exact) mass is 248 g/mol. The molecule has 1 heterocycles. The molecular weight excluding hydrogens is 238 g/mol. The van der Waals surface area contributed by atoms with E-state index in [1.165, 1.54) is 0 Å². The third-order valence-corrected chi connectivity index (χ3v) is 2.63. The van der Waals surface area contributed by atoms with E-state index in [0.29, 0.717) is 0 Å². The SMILES string of the molecule is N#Cc1nn(-c2ccccc2)[n+](-c2ccccc2)n1. The Labute approximate surface area is 109 Å². The molecule has 2 aromatic carbocycles. The maximum absolute atomic E-state index is 8.97. The number of aromatic nitrogens is 4. The largest absolute Gasteiger partial charge is 0.409 e. The molecule has 0 saturated heterocycles. The molecule has 19 heavy (non-hydrogen) atoms. The highest BCUT2D eigenvalue weighted by atomic mass is 15.7. The van der Waals surface area contributed by atoms with Crippen molar-refractivity contribution >= 4 is 0 Å². The quantitative estimate of drug-likeness (QED) is 0.644. The van der Waals surface area contributed by atoms with Crippen LogP contribution in [0.3, 0.4) is 0 Å². The number of hydrogen-bond acceptors (Lipinski definition) is 3. The first-order chi connectivity index (χ1) is 9.38. The van der Waals surface area contributed by atoms with E-state index in [4.69, 9.17) is 5.26 Å². The Kier molecular flexibility index (Phi) is 2.75.